The van der Waals surface area contributed by atoms with E-state index in [4.69, 9.17) is 0 Å². The van der Waals surface area contributed by atoms with Crippen molar-refractivity contribution in [3.63, 3.8) is 0 Å². The fourth-order valence-electron chi connectivity index (χ4n) is 1.96. The zero-order valence-electron chi connectivity index (χ0n) is 13.2. The summed E-state index contributed by atoms with van der Waals surface area (Å²) < 4.78 is 0. The Kier molecular flexibility index (Phi) is 5.32. The topological polar surface area (TPSA) is 120 Å². The second-order valence-electron chi connectivity index (χ2n) is 5.04. The summed E-state index contributed by atoms with van der Waals surface area (Å²) in [6, 6.07) is 13.3. The molecule has 0 radical (unpaired) electrons. The number of nitriles is 1. The van der Waals surface area contributed by atoms with Crippen LogP contribution < -0.4 is 10.2 Å². The van der Waals surface area contributed by atoms with Crippen molar-refractivity contribution in [1.29, 1.82) is 5.26 Å². The number of nitro groups is 1. The molecule has 0 saturated carbocycles. The Balaban J connectivity index is 2.13. The Labute approximate surface area is 143 Å². The van der Waals surface area contributed by atoms with Crippen LogP contribution in [0.4, 0.5) is 17.1 Å². The first kappa shape index (κ1) is 17.5. The van der Waals surface area contributed by atoms with Crippen LogP contribution >= 0.6 is 0 Å². The molecule has 0 spiro atoms. The molecular weight excluding hydrogens is 324 g/mol. The van der Waals surface area contributed by atoms with Gasteiger partial charge in [0.25, 0.3) is 11.6 Å². The molecule has 0 aliphatic rings. The van der Waals surface area contributed by atoms with Crippen molar-refractivity contribution < 1.29 is 14.8 Å². The SMILES string of the molecule is CN(/C=C(/C#N)C(=O)Nc1ccc([N+](=O)[O-])cc1)c1ccc(O)cc1. The van der Waals surface area contributed by atoms with Gasteiger partial charge in [0, 0.05) is 36.8 Å². The molecule has 0 saturated heterocycles. The number of non-ortho nitro benzene ring substituents is 1. The number of carbonyl (C=O) groups excluding carboxylic acids is 1. The Hall–Kier alpha value is -3.86. The van der Waals surface area contributed by atoms with Crippen molar-refractivity contribution in [2.75, 3.05) is 17.3 Å². The number of nitrogens with zero attached hydrogens (tertiary/aromatic N) is 3. The van der Waals surface area contributed by atoms with Gasteiger partial charge in [-0.2, -0.15) is 5.26 Å². The van der Waals surface area contributed by atoms with Gasteiger partial charge in [0.15, 0.2) is 0 Å². The maximum atomic E-state index is 12.2. The number of aromatic hydroxyl groups is 1. The molecule has 126 valence electrons. The van der Waals surface area contributed by atoms with Crippen molar-refractivity contribution in [1.82, 2.24) is 0 Å². The largest absolute Gasteiger partial charge is 0.508 e. The molecular formula is C17H14N4O4. The first-order valence-electron chi connectivity index (χ1n) is 7.10. The van der Waals surface area contributed by atoms with Gasteiger partial charge in [0.1, 0.15) is 17.4 Å². The molecule has 8 nitrogen and oxygen atoms in total. The predicted octanol–water partition coefficient (Wildman–Crippen LogP) is 2.78. The maximum Gasteiger partial charge on any atom is 0.269 e. The number of amides is 1. The second kappa shape index (κ2) is 7.61. The average molecular weight is 338 g/mol. The molecule has 0 aliphatic carbocycles. The van der Waals surface area contributed by atoms with E-state index in [0.717, 1.165) is 0 Å². The summed E-state index contributed by atoms with van der Waals surface area (Å²) >= 11 is 0. The number of rotatable bonds is 5. The van der Waals surface area contributed by atoms with Gasteiger partial charge in [-0.3, -0.25) is 14.9 Å². The third-order valence-corrected chi connectivity index (χ3v) is 3.28. The summed E-state index contributed by atoms with van der Waals surface area (Å²) in [5.41, 5.74) is 0.771. The molecule has 0 aromatic heterocycles. The van der Waals surface area contributed by atoms with Gasteiger partial charge in [0.2, 0.25) is 0 Å². The quantitative estimate of drug-likeness (QED) is 0.374. The first-order chi connectivity index (χ1) is 11.9. The van der Waals surface area contributed by atoms with Crippen molar-refractivity contribution >= 4 is 23.0 Å². The molecule has 8 heteroatoms. The van der Waals surface area contributed by atoms with Crippen LogP contribution in [0.1, 0.15) is 0 Å². The van der Waals surface area contributed by atoms with Gasteiger partial charge in [-0.1, -0.05) is 0 Å². The highest BCUT2D eigenvalue weighted by Crippen LogP contribution is 2.19. The minimum atomic E-state index is -0.637. The van der Waals surface area contributed by atoms with Crippen LogP contribution in [-0.2, 0) is 4.79 Å². The number of phenols is 1. The summed E-state index contributed by atoms with van der Waals surface area (Å²) in [6.45, 7) is 0. The standard InChI is InChI=1S/C17H14N4O4/c1-20(14-6-8-16(22)9-7-14)11-12(10-18)17(23)19-13-2-4-15(5-3-13)21(24)25/h2-9,11,22H,1H3,(H,19,23)/b12-11-. The highest BCUT2D eigenvalue weighted by Gasteiger charge is 2.12. The van der Waals surface area contributed by atoms with E-state index < -0.39 is 10.8 Å². The minimum absolute atomic E-state index is 0.0962. The lowest BCUT2D eigenvalue weighted by Crippen LogP contribution is -2.17. The van der Waals surface area contributed by atoms with Gasteiger partial charge >= 0.3 is 0 Å². The van der Waals surface area contributed by atoms with Gasteiger partial charge in [-0.05, 0) is 36.4 Å². The van der Waals surface area contributed by atoms with E-state index >= 15 is 0 Å². The summed E-state index contributed by atoms with van der Waals surface area (Å²) in [5.74, 6) is -0.528. The Morgan fingerprint density at radius 2 is 1.84 bits per heavy atom. The van der Waals surface area contributed by atoms with Crippen LogP contribution in [-0.4, -0.2) is 23.0 Å². The molecule has 0 bridgehead atoms. The molecule has 0 unspecified atom stereocenters. The van der Waals surface area contributed by atoms with E-state index in [0.29, 0.717) is 11.4 Å². The monoisotopic (exact) mass is 338 g/mol. The lowest BCUT2D eigenvalue weighted by molar-refractivity contribution is -0.384. The number of hydrogen-bond donors (Lipinski definition) is 2. The summed E-state index contributed by atoms with van der Waals surface area (Å²) in [4.78, 5) is 23.8. The lowest BCUT2D eigenvalue weighted by atomic mass is 10.2. The minimum Gasteiger partial charge on any atom is -0.508 e. The van der Waals surface area contributed by atoms with E-state index in [-0.39, 0.29) is 17.0 Å². The maximum absolute atomic E-state index is 12.2. The van der Waals surface area contributed by atoms with Crippen LogP contribution in [0.5, 0.6) is 5.75 Å². The number of hydrogen-bond acceptors (Lipinski definition) is 6. The first-order valence-corrected chi connectivity index (χ1v) is 7.10. The highest BCUT2D eigenvalue weighted by molar-refractivity contribution is 6.06. The van der Waals surface area contributed by atoms with Gasteiger partial charge in [-0.25, -0.2) is 0 Å². The Morgan fingerprint density at radius 1 is 1.24 bits per heavy atom. The van der Waals surface area contributed by atoms with E-state index in [9.17, 15) is 25.3 Å². The van der Waals surface area contributed by atoms with Crippen LogP contribution in [0.3, 0.4) is 0 Å². The molecule has 0 atom stereocenters. The summed E-state index contributed by atoms with van der Waals surface area (Å²) in [5, 5.41) is 31.6. The fourth-order valence-corrected chi connectivity index (χ4v) is 1.96. The van der Waals surface area contributed by atoms with Crippen molar-refractivity contribution in [3.8, 4) is 11.8 Å². The lowest BCUT2D eigenvalue weighted by Gasteiger charge is -2.15. The van der Waals surface area contributed by atoms with Gasteiger partial charge in [-0.15, -0.1) is 0 Å². The van der Waals surface area contributed by atoms with Gasteiger partial charge in [0.05, 0.1) is 4.92 Å². The summed E-state index contributed by atoms with van der Waals surface area (Å²) in [7, 11) is 1.66. The zero-order valence-corrected chi connectivity index (χ0v) is 13.2. The highest BCUT2D eigenvalue weighted by atomic mass is 16.6. The molecule has 0 fully saturated rings. The molecule has 2 aromatic rings. The van der Waals surface area contributed by atoms with Crippen molar-refractivity contribution in [3.05, 3.63) is 70.4 Å². The van der Waals surface area contributed by atoms with E-state index in [2.05, 4.69) is 5.32 Å². The van der Waals surface area contributed by atoms with E-state index in [1.807, 2.05) is 6.07 Å². The number of phenolic OH excluding ortho intramolecular Hbond substituents is 1. The second-order valence-corrected chi connectivity index (χ2v) is 5.04. The van der Waals surface area contributed by atoms with Crippen molar-refractivity contribution in [2.45, 2.75) is 0 Å². The smallest absolute Gasteiger partial charge is 0.269 e. The predicted molar refractivity (Wildman–Crippen MR) is 91.9 cm³/mol. The number of carbonyl (C=O) groups is 1. The molecule has 2 rings (SSSR count). The third-order valence-electron chi connectivity index (χ3n) is 3.28. The van der Waals surface area contributed by atoms with Crippen molar-refractivity contribution in [2.24, 2.45) is 0 Å². The number of benzene rings is 2. The summed E-state index contributed by atoms with van der Waals surface area (Å²) in [6.07, 6.45) is 1.35. The molecule has 0 heterocycles. The Morgan fingerprint density at radius 3 is 2.36 bits per heavy atom. The van der Waals surface area contributed by atoms with Crippen LogP contribution in [0.15, 0.2) is 60.3 Å². The molecule has 1 amide bonds. The van der Waals surface area contributed by atoms with Crippen LogP contribution in [0.2, 0.25) is 0 Å². The van der Waals surface area contributed by atoms with Crippen LogP contribution in [0, 0.1) is 21.4 Å². The molecule has 2 aromatic carbocycles. The number of nitrogens with one attached hydrogen (secondary N) is 1. The van der Waals surface area contributed by atoms with Gasteiger partial charge < -0.3 is 15.3 Å². The normalized spacial score (nSPS) is 10.6. The van der Waals surface area contributed by atoms with E-state index in [1.165, 1.54) is 42.6 Å². The molecule has 0 aliphatic heterocycles. The third kappa shape index (κ3) is 4.56. The average Bonchev–Trinajstić information content (AvgIpc) is 2.60. The Bertz CT molecular complexity index is 852. The zero-order chi connectivity index (χ0) is 18.4. The molecule has 2 N–H and O–H groups in total. The number of nitro benzene ring substituents is 1. The van der Waals surface area contributed by atoms with Crippen LogP contribution in [0.25, 0.3) is 0 Å². The molecule has 25 heavy (non-hydrogen) atoms. The van der Waals surface area contributed by atoms with E-state index in [1.54, 1.807) is 24.1 Å². The fraction of sp³-hybridized carbons (Fsp3) is 0.0588. The number of anilines is 2.